The van der Waals surface area contributed by atoms with Crippen molar-refractivity contribution in [3.05, 3.63) is 175 Å². The third-order valence-electron chi connectivity index (χ3n) is 11.9. The van der Waals surface area contributed by atoms with E-state index in [9.17, 15) is 0 Å². The average molecular weight is 710 g/mol. The predicted molar refractivity (Wildman–Crippen MR) is 230 cm³/mol. The molecule has 2 aromatic heterocycles. The van der Waals surface area contributed by atoms with Crippen molar-refractivity contribution in [2.45, 2.75) is 38.0 Å². The van der Waals surface area contributed by atoms with Gasteiger partial charge in [-0.1, -0.05) is 128 Å². The van der Waals surface area contributed by atoms with E-state index in [4.69, 9.17) is 8.83 Å². The van der Waals surface area contributed by atoms with Gasteiger partial charge in [0, 0.05) is 44.5 Å². The Bertz CT molecular complexity index is 3040. The Labute approximate surface area is 320 Å². The summed E-state index contributed by atoms with van der Waals surface area (Å²) in [7, 11) is 0. The molecule has 0 unspecified atom stereocenters. The van der Waals surface area contributed by atoms with Crippen molar-refractivity contribution in [1.29, 1.82) is 0 Å². The fraction of sp³-hybridized carbons (Fsp3) is 0.115. The molecule has 0 aliphatic heterocycles. The number of anilines is 3. The van der Waals surface area contributed by atoms with Crippen molar-refractivity contribution in [1.82, 2.24) is 0 Å². The van der Waals surface area contributed by atoms with Crippen LogP contribution >= 0.6 is 0 Å². The first kappa shape index (κ1) is 31.9. The zero-order chi connectivity index (χ0) is 36.3. The minimum absolute atomic E-state index is 0.582. The molecule has 0 amide bonds. The van der Waals surface area contributed by atoms with Gasteiger partial charge >= 0.3 is 0 Å². The summed E-state index contributed by atoms with van der Waals surface area (Å²) in [4.78, 5) is 2.41. The summed E-state index contributed by atoms with van der Waals surface area (Å²) < 4.78 is 12.8. The quantitative estimate of drug-likeness (QED) is 0.172. The Morgan fingerprint density at radius 2 is 1.02 bits per heavy atom. The van der Waals surface area contributed by atoms with E-state index < -0.39 is 0 Å². The first-order valence-electron chi connectivity index (χ1n) is 19.6. The predicted octanol–water partition coefficient (Wildman–Crippen LogP) is 15.5. The monoisotopic (exact) mass is 709 g/mol. The summed E-state index contributed by atoms with van der Waals surface area (Å²) in [5.74, 6) is 0.582. The second kappa shape index (κ2) is 13.1. The van der Waals surface area contributed by atoms with Crippen LogP contribution in [-0.4, -0.2) is 0 Å². The van der Waals surface area contributed by atoms with Crippen molar-refractivity contribution in [2.75, 3.05) is 4.90 Å². The average Bonchev–Trinajstić information content (AvgIpc) is 3.82. The van der Waals surface area contributed by atoms with Crippen LogP contribution in [0.1, 0.15) is 43.6 Å². The van der Waals surface area contributed by atoms with Gasteiger partial charge in [0.1, 0.15) is 22.3 Å². The molecular formula is C52H39NO2. The Morgan fingerprint density at radius 3 is 1.82 bits per heavy atom. The number of rotatable bonds is 6. The maximum atomic E-state index is 6.49. The number of benzene rings is 8. The van der Waals surface area contributed by atoms with Crippen molar-refractivity contribution < 1.29 is 8.83 Å². The zero-order valence-electron chi connectivity index (χ0n) is 30.5. The van der Waals surface area contributed by atoms with Crippen LogP contribution in [0.3, 0.4) is 0 Å². The lowest BCUT2D eigenvalue weighted by Gasteiger charge is -2.29. The molecule has 11 rings (SSSR count). The van der Waals surface area contributed by atoms with E-state index in [1.807, 2.05) is 18.2 Å². The standard InChI is InChI=1S/C52H39NO2/c1-2-13-34(14-3-1)40-22-11-15-35-16-12-23-46(52(35)40)41-19-4-7-24-47(41)53(39-28-30-45-43-21-6-9-26-49(43)55-51(45)33-39)38-18-10-17-36(31-38)37-27-29-44-42-20-5-8-25-48(42)54-50(44)32-37/h4-12,15-34H,1-3,13-14H2. The highest BCUT2D eigenvalue weighted by Crippen LogP contribution is 2.47. The molecule has 10 aromatic rings. The van der Waals surface area contributed by atoms with Gasteiger partial charge in [-0.15, -0.1) is 0 Å². The second-order valence-corrected chi connectivity index (χ2v) is 15.1. The molecule has 0 bridgehead atoms. The number of fused-ring (bicyclic) bond motifs is 7. The Balaban J connectivity index is 1.12. The molecule has 1 aliphatic rings. The smallest absolute Gasteiger partial charge is 0.137 e. The summed E-state index contributed by atoms with van der Waals surface area (Å²) in [5, 5.41) is 7.20. The Morgan fingerprint density at radius 1 is 0.418 bits per heavy atom. The van der Waals surface area contributed by atoms with E-state index in [0.717, 1.165) is 72.1 Å². The lowest BCUT2D eigenvalue weighted by Crippen LogP contribution is -2.11. The van der Waals surface area contributed by atoms with Gasteiger partial charge in [-0.05, 0) is 106 Å². The molecule has 1 fully saturated rings. The van der Waals surface area contributed by atoms with Gasteiger partial charge in [-0.3, -0.25) is 0 Å². The van der Waals surface area contributed by atoms with Gasteiger partial charge in [-0.25, -0.2) is 0 Å². The number of hydrogen-bond acceptors (Lipinski definition) is 3. The molecule has 8 aromatic carbocycles. The number of para-hydroxylation sites is 3. The summed E-state index contributed by atoms with van der Waals surface area (Å²) in [5.41, 5.74) is 13.0. The number of furan rings is 2. The highest BCUT2D eigenvalue weighted by molar-refractivity contribution is 6.08. The van der Waals surface area contributed by atoms with Gasteiger partial charge in [-0.2, -0.15) is 0 Å². The zero-order valence-corrected chi connectivity index (χ0v) is 30.5. The highest BCUT2D eigenvalue weighted by atomic mass is 16.3. The van der Waals surface area contributed by atoms with E-state index >= 15 is 0 Å². The molecule has 1 saturated carbocycles. The molecule has 0 radical (unpaired) electrons. The molecule has 0 atom stereocenters. The first-order chi connectivity index (χ1) is 27.3. The lowest BCUT2D eigenvalue weighted by molar-refractivity contribution is 0.445. The van der Waals surface area contributed by atoms with Crippen LogP contribution in [0.15, 0.2) is 179 Å². The number of hydrogen-bond donors (Lipinski definition) is 0. The van der Waals surface area contributed by atoms with Gasteiger partial charge in [0.25, 0.3) is 0 Å². The molecule has 2 heterocycles. The second-order valence-electron chi connectivity index (χ2n) is 15.1. The van der Waals surface area contributed by atoms with Crippen LogP contribution in [0.4, 0.5) is 17.1 Å². The summed E-state index contributed by atoms with van der Waals surface area (Å²) in [6.07, 6.45) is 6.46. The largest absolute Gasteiger partial charge is 0.456 e. The summed E-state index contributed by atoms with van der Waals surface area (Å²) in [6, 6.07) is 61.4. The maximum Gasteiger partial charge on any atom is 0.137 e. The van der Waals surface area contributed by atoms with E-state index in [1.54, 1.807) is 0 Å². The molecule has 3 heteroatoms. The minimum Gasteiger partial charge on any atom is -0.456 e. The van der Waals surface area contributed by atoms with Gasteiger partial charge < -0.3 is 13.7 Å². The van der Waals surface area contributed by atoms with E-state index in [0.29, 0.717) is 5.92 Å². The molecule has 0 spiro atoms. The summed E-state index contributed by atoms with van der Waals surface area (Å²) >= 11 is 0. The highest BCUT2D eigenvalue weighted by Gasteiger charge is 2.23. The first-order valence-corrected chi connectivity index (χ1v) is 19.6. The third-order valence-corrected chi connectivity index (χ3v) is 11.9. The molecule has 55 heavy (non-hydrogen) atoms. The van der Waals surface area contributed by atoms with E-state index in [1.165, 1.54) is 59.6 Å². The van der Waals surface area contributed by atoms with Crippen molar-refractivity contribution >= 4 is 71.7 Å². The van der Waals surface area contributed by atoms with Gasteiger partial charge in [0.05, 0.1) is 5.69 Å². The molecular weight excluding hydrogens is 671 g/mol. The minimum atomic E-state index is 0.582. The van der Waals surface area contributed by atoms with Crippen molar-refractivity contribution in [2.24, 2.45) is 0 Å². The molecule has 3 nitrogen and oxygen atoms in total. The Hall–Kier alpha value is -6.58. The number of nitrogens with zero attached hydrogens (tertiary/aromatic N) is 1. The summed E-state index contributed by atoms with van der Waals surface area (Å²) in [6.45, 7) is 0. The molecule has 0 N–H and O–H groups in total. The fourth-order valence-electron chi connectivity index (χ4n) is 9.26. The van der Waals surface area contributed by atoms with Crippen LogP contribution in [0, 0.1) is 0 Å². The van der Waals surface area contributed by atoms with Crippen LogP contribution < -0.4 is 4.90 Å². The van der Waals surface area contributed by atoms with Crippen molar-refractivity contribution in [3.63, 3.8) is 0 Å². The maximum absolute atomic E-state index is 6.49. The fourth-order valence-corrected chi connectivity index (χ4v) is 9.26. The SMILES string of the molecule is c1cc(-c2ccc3c(c2)oc2ccccc23)cc(N(c2ccc3c(c2)oc2ccccc23)c2ccccc2-c2cccc3cccc(C4CCCCC4)c23)c1. The normalized spacial score (nSPS) is 13.7. The lowest BCUT2D eigenvalue weighted by atomic mass is 9.80. The van der Waals surface area contributed by atoms with E-state index in [-0.39, 0.29) is 0 Å². The van der Waals surface area contributed by atoms with Crippen LogP contribution in [0.5, 0.6) is 0 Å². The van der Waals surface area contributed by atoms with E-state index in [2.05, 4.69) is 157 Å². The topological polar surface area (TPSA) is 29.5 Å². The van der Waals surface area contributed by atoms with Crippen LogP contribution in [0.2, 0.25) is 0 Å². The van der Waals surface area contributed by atoms with Crippen molar-refractivity contribution in [3.8, 4) is 22.3 Å². The van der Waals surface area contributed by atoms with Crippen LogP contribution in [0.25, 0.3) is 76.9 Å². The molecule has 264 valence electrons. The van der Waals surface area contributed by atoms with Gasteiger partial charge in [0.2, 0.25) is 0 Å². The molecule has 1 aliphatic carbocycles. The van der Waals surface area contributed by atoms with Crippen LogP contribution in [-0.2, 0) is 0 Å². The Kier molecular flexibility index (Phi) is 7.58. The molecule has 0 saturated heterocycles. The third kappa shape index (κ3) is 5.41. The van der Waals surface area contributed by atoms with Gasteiger partial charge in [0.15, 0.2) is 0 Å².